The lowest BCUT2D eigenvalue weighted by atomic mass is 10.1. The molecule has 0 aliphatic rings. The summed E-state index contributed by atoms with van der Waals surface area (Å²) in [6.07, 6.45) is -17.1. The first-order valence-electron chi connectivity index (χ1n) is 9.60. The summed E-state index contributed by atoms with van der Waals surface area (Å²) in [7, 11) is 0. The Hall–Kier alpha value is -4.12. The van der Waals surface area contributed by atoms with E-state index in [4.69, 9.17) is 11.5 Å². The van der Waals surface area contributed by atoms with Crippen LogP contribution in [0.15, 0.2) is 24.3 Å². The zero-order valence-electron chi connectivity index (χ0n) is 18.1. The highest BCUT2D eigenvalue weighted by molar-refractivity contribution is 5.60. The fraction of sp³-hybridized carbons (Fsp3) is 0.143. The summed E-state index contributed by atoms with van der Waals surface area (Å²) in [5, 5.41) is 0. The quantitative estimate of drug-likeness (QED) is 0.239. The predicted octanol–water partition coefficient (Wildman–Crippen LogP) is 8.19. The zero-order valence-corrected chi connectivity index (χ0v) is 18.1. The maximum atomic E-state index is 14.5. The van der Waals surface area contributed by atoms with E-state index in [-0.39, 0.29) is 24.3 Å². The molecule has 0 aliphatic heterocycles. The lowest BCUT2D eigenvalue weighted by molar-refractivity contribution is -0.141. The number of anilines is 2. The van der Waals surface area contributed by atoms with Gasteiger partial charge in [0, 0.05) is 24.3 Å². The molecule has 4 N–H and O–H groups in total. The van der Waals surface area contributed by atoms with Crippen LogP contribution >= 0.6 is 0 Å². The van der Waals surface area contributed by atoms with Crippen LogP contribution in [0.5, 0.6) is 23.0 Å². The smallest absolute Gasteiger partial charge is 0.422 e. The number of hydrogen-bond acceptors (Lipinski definition) is 4. The first kappa shape index (κ1) is 29.4. The molecule has 3 rings (SSSR count). The molecule has 18 heteroatoms. The van der Waals surface area contributed by atoms with Crippen molar-refractivity contribution in [2.75, 3.05) is 11.5 Å². The van der Waals surface area contributed by atoms with Crippen LogP contribution in [0.1, 0.15) is 16.7 Å². The largest absolute Gasteiger partial charge is 0.453 e. The lowest BCUT2D eigenvalue weighted by Crippen LogP contribution is -2.16. The normalized spacial score (nSPS) is 12.6. The van der Waals surface area contributed by atoms with Crippen molar-refractivity contribution in [1.82, 2.24) is 0 Å². The average molecular weight is 586 g/mol. The molecule has 0 amide bonds. The highest BCUT2D eigenvalue weighted by atomic mass is 19.4. The molecule has 0 fully saturated rings. The van der Waals surface area contributed by atoms with E-state index < -0.39 is 98.7 Å². The number of halogens is 14. The van der Waals surface area contributed by atoms with Crippen LogP contribution in [-0.4, -0.2) is 0 Å². The molecule has 3 aromatic rings. The molecule has 0 radical (unpaired) electrons. The number of nitrogens with two attached hydrogens (primary N) is 2. The molecule has 0 spiro atoms. The number of alkyl halides is 9. The van der Waals surface area contributed by atoms with Gasteiger partial charge in [0.25, 0.3) is 0 Å². The Balaban J connectivity index is 2.31. The first-order chi connectivity index (χ1) is 17.6. The number of nitrogen functional groups attached to an aromatic ring is 2. The van der Waals surface area contributed by atoms with Gasteiger partial charge in [-0.15, -0.1) is 0 Å². The Bertz CT molecular complexity index is 1450. The molecule has 212 valence electrons. The fourth-order valence-electron chi connectivity index (χ4n) is 3.22. The molecule has 39 heavy (non-hydrogen) atoms. The fourth-order valence-corrected chi connectivity index (χ4v) is 3.22. The van der Waals surface area contributed by atoms with Crippen molar-refractivity contribution in [2.24, 2.45) is 0 Å². The van der Waals surface area contributed by atoms with Crippen molar-refractivity contribution in [3.63, 3.8) is 0 Å². The maximum Gasteiger partial charge on any atom is 0.422 e. The van der Waals surface area contributed by atoms with Gasteiger partial charge >= 0.3 is 18.5 Å². The summed E-state index contributed by atoms with van der Waals surface area (Å²) in [5.74, 6) is -19.8. The van der Waals surface area contributed by atoms with Gasteiger partial charge < -0.3 is 20.9 Å². The van der Waals surface area contributed by atoms with Crippen molar-refractivity contribution >= 4 is 11.4 Å². The average Bonchev–Trinajstić information content (AvgIpc) is 2.72. The van der Waals surface area contributed by atoms with E-state index in [0.717, 1.165) is 0 Å². The van der Waals surface area contributed by atoms with Crippen LogP contribution in [-0.2, 0) is 18.5 Å². The van der Waals surface area contributed by atoms with Crippen LogP contribution in [0.3, 0.4) is 0 Å². The maximum absolute atomic E-state index is 14.5. The van der Waals surface area contributed by atoms with Crippen LogP contribution in [0.25, 0.3) is 0 Å². The summed E-state index contributed by atoms with van der Waals surface area (Å²) < 4.78 is 200. The minimum Gasteiger partial charge on any atom is -0.453 e. The van der Waals surface area contributed by atoms with Crippen LogP contribution < -0.4 is 20.9 Å². The number of ether oxygens (including phenoxy) is 2. The standard InChI is InChI=1S/C21H8F14N2O2/c22-6-1-5(38-17-13(20(30,31)32)9(36)3-7(23)15(17)25)2-11(12(6)19(27,28)29)39-18-14(21(33,34)35)10(37)4-8(24)16(18)26/h1-4H,36-37H2. The first-order valence-corrected chi connectivity index (χ1v) is 9.60. The third kappa shape index (κ3) is 5.68. The molecule has 0 aliphatic carbocycles. The summed E-state index contributed by atoms with van der Waals surface area (Å²) in [6, 6.07) is -0.876. The molecule has 0 heterocycles. The Morgan fingerprint density at radius 3 is 1.26 bits per heavy atom. The zero-order chi connectivity index (χ0) is 29.8. The lowest BCUT2D eigenvalue weighted by Gasteiger charge is -2.21. The molecule has 0 saturated carbocycles. The second-order valence-corrected chi connectivity index (χ2v) is 7.41. The Morgan fingerprint density at radius 1 is 0.487 bits per heavy atom. The van der Waals surface area contributed by atoms with Crippen molar-refractivity contribution < 1.29 is 70.9 Å². The SMILES string of the molecule is Nc1cc(F)c(F)c(Oc2cc(F)c(C(F)(F)F)c(Oc3c(F)c(F)cc(N)c3C(F)(F)F)c2)c1C(F)(F)F. The molecular formula is C21H8F14N2O2. The van der Waals surface area contributed by atoms with Gasteiger partial charge in [-0.05, 0) is 0 Å². The van der Waals surface area contributed by atoms with Gasteiger partial charge in [-0.2, -0.15) is 48.3 Å². The Morgan fingerprint density at radius 2 is 0.872 bits per heavy atom. The predicted molar refractivity (Wildman–Crippen MR) is 103 cm³/mol. The number of benzene rings is 3. The highest BCUT2D eigenvalue weighted by Crippen LogP contribution is 2.49. The van der Waals surface area contributed by atoms with Crippen LogP contribution in [0, 0.1) is 29.1 Å². The minimum atomic E-state index is -5.84. The van der Waals surface area contributed by atoms with E-state index in [1.165, 1.54) is 0 Å². The summed E-state index contributed by atoms with van der Waals surface area (Å²) >= 11 is 0. The highest BCUT2D eigenvalue weighted by Gasteiger charge is 2.44. The van der Waals surface area contributed by atoms with Crippen LogP contribution in [0.4, 0.5) is 72.8 Å². The van der Waals surface area contributed by atoms with E-state index in [9.17, 15) is 61.5 Å². The molecule has 0 saturated heterocycles. The molecule has 0 atom stereocenters. The van der Waals surface area contributed by atoms with Crippen molar-refractivity contribution in [2.45, 2.75) is 18.5 Å². The third-order valence-electron chi connectivity index (χ3n) is 4.72. The van der Waals surface area contributed by atoms with Gasteiger partial charge in [0.15, 0.2) is 23.1 Å². The van der Waals surface area contributed by atoms with E-state index in [0.29, 0.717) is 0 Å². The van der Waals surface area contributed by atoms with Crippen molar-refractivity contribution in [3.05, 3.63) is 70.0 Å². The van der Waals surface area contributed by atoms with E-state index in [2.05, 4.69) is 9.47 Å². The van der Waals surface area contributed by atoms with Gasteiger partial charge in [0.05, 0.1) is 11.4 Å². The third-order valence-corrected chi connectivity index (χ3v) is 4.72. The topological polar surface area (TPSA) is 70.5 Å². The molecule has 0 aromatic heterocycles. The Labute approximate surface area is 206 Å². The summed E-state index contributed by atoms with van der Waals surface area (Å²) in [4.78, 5) is 0. The van der Waals surface area contributed by atoms with Crippen molar-refractivity contribution in [1.29, 1.82) is 0 Å². The van der Waals surface area contributed by atoms with E-state index in [1.54, 1.807) is 0 Å². The second-order valence-electron chi connectivity index (χ2n) is 7.41. The van der Waals surface area contributed by atoms with E-state index >= 15 is 0 Å². The van der Waals surface area contributed by atoms with Crippen molar-refractivity contribution in [3.8, 4) is 23.0 Å². The Kier molecular flexibility index (Phi) is 7.22. The molecule has 0 unspecified atom stereocenters. The molecule has 4 nitrogen and oxygen atoms in total. The van der Waals surface area contributed by atoms with Gasteiger partial charge in [-0.1, -0.05) is 0 Å². The summed E-state index contributed by atoms with van der Waals surface area (Å²) in [5.41, 5.74) is -0.149. The van der Waals surface area contributed by atoms with Gasteiger partial charge in [-0.25, -0.2) is 13.2 Å². The number of rotatable bonds is 4. The van der Waals surface area contributed by atoms with Gasteiger partial charge in [-0.3, -0.25) is 0 Å². The van der Waals surface area contributed by atoms with Gasteiger partial charge in [0.1, 0.15) is 34.0 Å². The monoisotopic (exact) mass is 586 g/mol. The number of hydrogen-bond donors (Lipinski definition) is 2. The van der Waals surface area contributed by atoms with Crippen LogP contribution in [0.2, 0.25) is 0 Å². The molecule has 0 bridgehead atoms. The minimum absolute atomic E-state index is 0.122. The summed E-state index contributed by atoms with van der Waals surface area (Å²) in [6.45, 7) is 0. The second kappa shape index (κ2) is 9.57. The molecule has 3 aromatic carbocycles. The molecular weight excluding hydrogens is 578 g/mol. The van der Waals surface area contributed by atoms with Gasteiger partial charge in [0.2, 0.25) is 11.6 Å². The van der Waals surface area contributed by atoms with E-state index in [1.807, 2.05) is 0 Å².